The number of nitrogens with one attached hydrogen (secondary N) is 2. The summed E-state index contributed by atoms with van der Waals surface area (Å²) in [4.78, 5) is 27.3. The van der Waals surface area contributed by atoms with E-state index < -0.39 is 11.4 Å². The first-order valence-electron chi connectivity index (χ1n) is 12.2. The molecule has 2 aliphatic carbocycles. The van der Waals surface area contributed by atoms with Gasteiger partial charge >= 0.3 is 5.97 Å². The van der Waals surface area contributed by atoms with E-state index in [0.29, 0.717) is 24.8 Å². The van der Waals surface area contributed by atoms with Crippen LogP contribution in [-0.4, -0.2) is 46.8 Å². The number of carbonyl (C=O) groups is 1. The van der Waals surface area contributed by atoms with Gasteiger partial charge in [0, 0.05) is 12.1 Å². The van der Waals surface area contributed by atoms with Crippen LogP contribution in [0, 0.1) is 5.92 Å². The van der Waals surface area contributed by atoms with Crippen LogP contribution < -0.4 is 10.6 Å². The van der Waals surface area contributed by atoms with E-state index in [0.717, 1.165) is 48.5 Å². The van der Waals surface area contributed by atoms with Crippen molar-refractivity contribution in [1.82, 2.24) is 5.32 Å². The molecule has 1 aromatic carbocycles. The highest BCUT2D eigenvalue weighted by atomic mass is 16.6. The van der Waals surface area contributed by atoms with Gasteiger partial charge in [-0.25, -0.2) is 4.99 Å². The van der Waals surface area contributed by atoms with Gasteiger partial charge in [0.25, 0.3) is 0 Å². The molecule has 176 valence electrons. The Morgan fingerprint density at radius 2 is 1.94 bits per heavy atom. The van der Waals surface area contributed by atoms with Crippen molar-refractivity contribution in [2.75, 3.05) is 5.32 Å². The number of hydrogen-bond acceptors (Lipinski definition) is 6. The zero-order valence-corrected chi connectivity index (χ0v) is 19.4. The molecule has 8 heteroatoms. The molecular weight excluding hydrogens is 418 g/mol. The number of benzene rings is 1. The molecule has 0 spiro atoms. The first-order valence-corrected chi connectivity index (χ1v) is 12.2. The number of guanidine groups is 1. The number of anilines is 1. The predicted molar refractivity (Wildman–Crippen MR) is 129 cm³/mol. The van der Waals surface area contributed by atoms with Crippen molar-refractivity contribution in [1.29, 1.82) is 0 Å². The third-order valence-electron chi connectivity index (χ3n) is 7.71. The molecule has 33 heavy (non-hydrogen) atoms. The summed E-state index contributed by atoms with van der Waals surface area (Å²) >= 11 is 0. The molecular formula is C25H33N5O3. The number of hydrogen-bond donors (Lipinski definition) is 3. The molecule has 4 aliphatic rings. The lowest BCUT2D eigenvalue weighted by Crippen LogP contribution is -2.47. The van der Waals surface area contributed by atoms with Gasteiger partial charge in [0.1, 0.15) is 11.9 Å². The van der Waals surface area contributed by atoms with E-state index in [1.165, 1.54) is 12.8 Å². The van der Waals surface area contributed by atoms with Crippen LogP contribution in [0.2, 0.25) is 0 Å². The van der Waals surface area contributed by atoms with Crippen LogP contribution >= 0.6 is 0 Å². The normalized spacial score (nSPS) is 30.1. The maximum atomic E-state index is 11.8. The van der Waals surface area contributed by atoms with Gasteiger partial charge in [-0.15, -0.1) is 0 Å². The zero-order valence-electron chi connectivity index (χ0n) is 19.4. The monoisotopic (exact) mass is 451 g/mol. The number of carboxylic acids is 1. The first-order chi connectivity index (χ1) is 15.9. The maximum Gasteiger partial charge on any atom is 0.314 e. The minimum Gasteiger partial charge on any atom is -0.481 e. The molecule has 8 nitrogen and oxygen atoms in total. The standard InChI is InChI=1S/C25H33N5O3/c1-15-22(16(2)33-30-15)20-14-21(26-18-6-3-4-7-18)29-24(28-20)27-19-10-8-17(9-11-19)25(23(31)32)12-5-13-25/h8-11,16,18,20,22H,3-7,12-14H2,1-2H3,(H,31,32)(H2,26,27,28,29). The van der Waals surface area contributed by atoms with Gasteiger partial charge in [-0.2, -0.15) is 0 Å². The molecule has 1 aromatic rings. The number of oxime groups is 1. The summed E-state index contributed by atoms with van der Waals surface area (Å²) in [5, 5.41) is 20.7. The van der Waals surface area contributed by atoms with E-state index in [-0.39, 0.29) is 18.1 Å². The number of aliphatic carboxylic acids is 1. The van der Waals surface area contributed by atoms with Crippen molar-refractivity contribution in [3.8, 4) is 0 Å². The van der Waals surface area contributed by atoms with Crippen LogP contribution in [0.3, 0.4) is 0 Å². The lowest BCUT2D eigenvalue weighted by Gasteiger charge is -2.38. The highest BCUT2D eigenvalue weighted by Crippen LogP contribution is 2.44. The Labute approximate surface area is 194 Å². The van der Waals surface area contributed by atoms with E-state index in [9.17, 15) is 9.90 Å². The average molecular weight is 452 g/mol. The summed E-state index contributed by atoms with van der Waals surface area (Å²) in [5.74, 6) is 1.02. The summed E-state index contributed by atoms with van der Waals surface area (Å²) in [7, 11) is 0. The van der Waals surface area contributed by atoms with Gasteiger partial charge in [-0.3, -0.25) is 9.79 Å². The summed E-state index contributed by atoms with van der Waals surface area (Å²) < 4.78 is 0. The van der Waals surface area contributed by atoms with Gasteiger partial charge in [0.05, 0.1) is 29.1 Å². The van der Waals surface area contributed by atoms with E-state index in [1.54, 1.807) is 0 Å². The fourth-order valence-corrected chi connectivity index (χ4v) is 5.63. The number of nitrogens with zero attached hydrogens (tertiary/aromatic N) is 3. The van der Waals surface area contributed by atoms with E-state index in [1.807, 2.05) is 38.1 Å². The molecule has 3 atom stereocenters. The van der Waals surface area contributed by atoms with Crippen molar-refractivity contribution in [3.05, 3.63) is 29.8 Å². The molecule has 0 aromatic heterocycles. The third kappa shape index (κ3) is 4.23. The van der Waals surface area contributed by atoms with E-state index in [4.69, 9.17) is 14.8 Å². The maximum absolute atomic E-state index is 11.8. The molecule has 2 heterocycles. The number of amidine groups is 1. The minimum absolute atomic E-state index is 0.000294. The largest absolute Gasteiger partial charge is 0.481 e. The second-order valence-corrected chi connectivity index (χ2v) is 9.90. The minimum atomic E-state index is -0.728. The Morgan fingerprint density at radius 1 is 1.21 bits per heavy atom. The van der Waals surface area contributed by atoms with E-state index >= 15 is 0 Å². The number of rotatable bonds is 5. The van der Waals surface area contributed by atoms with E-state index in [2.05, 4.69) is 15.8 Å². The summed E-state index contributed by atoms with van der Waals surface area (Å²) in [6, 6.07) is 8.11. The third-order valence-corrected chi connectivity index (χ3v) is 7.71. The molecule has 5 rings (SSSR count). The average Bonchev–Trinajstić information content (AvgIpc) is 3.37. The Morgan fingerprint density at radius 3 is 2.52 bits per heavy atom. The van der Waals surface area contributed by atoms with Gasteiger partial charge in [0.15, 0.2) is 0 Å². The quantitative estimate of drug-likeness (QED) is 0.625. The molecule has 3 N–H and O–H groups in total. The smallest absolute Gasteiger partial charge is 0.314 e. The molecule has 0 amide bonds. The van der Waals surface area contributed by atoms with Crippen molar-refractivity contribution in [2.24, 2.45) is 21.1 Å². The van der Waals surface area contributed by atoms with Crippen LogP contribution in [0.25, 0.3) is 0 Å². The van der Waals surface area contributed by atoms with Crippen LogP contribution in [-0.2, 0) is 15.0 Å². The fourth-order valence-electron chi connectivity index (χ4n) is 5.63. The molecule has 3 unspecified atom stereocenters. The highest BCUT2D eigenvalue weighted by molar-refractivity contribution is 6.08. The van der Waals surface area contributed by atoms with Gasteiger partial charge < -0.3 is 20.6 Å². The van der Waals surface area contributed by atoms with Crippen molar-refractivity contribution < 1.29 is 14.7 Å². The zero-order chi connectivity index (χ0) is 23.0. The van der Waals surface area contributed by atoms with Crippen molar-refractivity contribution >= 4 is 29.2 Å². The molecule has 0 radical (unpaired) electrons. The van der Waals surface area contributed by atoms with Crippen molar-refractivity contribution in [2.45, 2.75) is 88.8 Å². The van der Waals surface area contributed by atoms with Crippen molar-refractivity contribution in [3.63, 3.8) is 0 Å². The predicted octanol–water partition coefficient (Wildman–Crippen LogP) is 4.07. The topological polar surface area (TPSA) is 108 Å². The second kappa shape index (κ2) is 8.80. The van der Waals surface area contributed by atoms with Crippen LogP contribution in [0.5, 0.6) is 0 Å². The number of aliphatic imine (C=N–C) groups is 2. The summed E-state index contributed by atoms with van der Waals surface area (Å²) in [5.41, 5.74) is 1.99. The first kappa shape index (κ1) is 21.9. The van der Waals surface area contributed by atoms with Crippen LogP contribution in [0.15, 0.2) is 39.4 Å². The molecule has 0 bridgehead atoms. The molecule has 0 saturated heterocycles. The SMILES string of the molecule is CC1=NOC(C)C1C1CC(=NC2CCCC2)NC(Nc2ccc(C3(C(=O)O)CCC3)cc2)=N1. The van der Waals surface area contributed by atoms with Crippen LogP contribution in [0.4, 0.5) is 5.69 Å². The number of carboxylic acid groups (broad SMARTS) is 1. The van der Waals surface area contributed by atoms with Gasteiger partial charge in [0.2, 0.25) is 5.96 Å². The Kier molecular flexibility index (Phi) is 5.85. The molecule has 2 aliphatic heterocycles. The van der Waals surface area contributed by atoms with Gasteiger partial charge in [-0.05, 0) is 57.2 Å². The molecule has 2 saturated carbocycles. The lowest BCUT2D eigenvalue weighted by molar-refractivity contribution is -0.147. The Hall–Kier alpha value is -2.90. The fraction of sp³-hybridized carbons (Fsp3) is 0.600. The summed E-state index contributed by atoms with van der Waals surface area (Å²) in [6.45, 7) is 4.05. The highest BCUT2D eigenvalue weighted by Gasteiger charge is 2.45. The Bertz CT molecular complexity index is 990. The Balaban J connectivity index is 1.37. The lowest BCUT2D eigenvalue weighted by atomic mass is 9.64. The van der Waals surface area contributed by atoms with Gasteiger partial charge in [-0.1, -0.05) is 36.6 Å². The molecule has 2 fully saturated rings. The van der Waals surface area contributed by atoms with Crippen LogP contribution in [0.1, 0.15) is 70.8 Å². The summed E-state index contributed by atoms with van der Waals surface area (Å²) in [6.07, 6.45) is 7.87. The second-order valence-electron chi connectivity index (χ2n) is 9.90.